The van der Waals surface area contributed by atoms with Crippen LogP contribution in [0.3, 0.4) is 0 Å². The monoisotopic (exact) mass is 449 g/mol. The Bertz CT molecular complexity index is 998. The molecule has 1 aromatic carbocycles. The van der Waals surface area contributed by atoms with E-state index in [1.54, 1.807) is 0 Å². The van der Waals surface area contributed by atoms with Crippen molar-refractivity contribution in [2.45, 2.75) is 58.0 Å². The molecule has 2 saturated heterocycles. The summed E-state index contributed by atoms with van der Waals surface area (Å²) >= 11 is 0. The summed E-state index contributed by atoms with van der Waals surface area (Å²) in [4.78, 5) is 26.8. The van der Waals surface area contributed by atoms with Crippen LogP contribution >= 0.6 is 0 Å². The second kappa shape index (κ2) is 9.55. The average molecular weight is 450 g/mol. The van der Waals surface area contributed by atoms with Gasteiger partial charge in [0.25, 0.3) is 0 Å². The van der Waals surface area contributed by atoms with Gasteiger partial charge in [0, 0.05) is 61.9 Å². The van der Waals surface area contributed by atoms with Gasteiger partial charge in [-0.1, -0.05) is 12.8 Å². The zero-order valence-electron chi connectivity index (χ0n) is 19.7. The van der Waals surface area contributed by atoms with Crippen molar-refractivity contribution in [3.63, 3.8) is 0 Å². The molecule has 3 N–H and O–H groups in total. The Morgan fingerprint density at radius 3 is 2.55 bits per heavy atom. The highest BCUT2D eigenvalue weighted by atomic mass is 16.2. The maximum Gasteiger partial charge on any atom is 0.242 e. The van der Waals surface area contributed by atoms with Crippen LogP contribution in [0.5, 0.6) is 0 Å². The van der Waals surface area contributed by atoms with E-state index < -0.39 is 0 Å². The highest BCUT2D eigenvalue weighted by Gasteiger charge is 2.37. The van der Waals surface area contributed by atoms with Gasteiger partial charge in [0.2, 0.25) is 11.9 Å². The molecular weight excluding hydrogens is 414 g/mol. The van der Waals surface area contributed by atoms with E-state index in [1.165, 1.54) is 24.1 Å². The van der Waals surface area contributed by atoms with Gasteiger partial charge in [0.1, 0.15) is 11.9 Å². The summed E-state index contributed by atoms with van der Waals surface area (Å²) < 4.78 is 0. The third kappa shape index (κ3) is 4.62. The third-order valence-electron chi connectivity index (χ3n) is 7.17. The van der Waals surface area contributed by atoms with E-state index in [1.807, 2.05) is 13.1 Å². The number of aromatic nitrogens is 2. The number of hydrogen-bond donors (Lipinski definition) is 3. The Morgan fingerprint density at radius 1 is 1.06 bits per heavy atom. The summed E-state index contributed by atoms with van der Waals surface area (Å²) in [5.74, 6) is 1.58. The zero-order valence-corrected chi connectivity index (χ0v) is 19.7. The lowest BCUT2D eigenvalue weighted by molar-refractivity contribution is -0.120. The second-order valence-electron chi connectivity index (χ2n) is 9.50. The van der Waals surface area contributed by atoms with Crippen LogP contribution in [0.15, 0.2) is 24.4 Å². The molecule has 1 aromatic heterocycles. The van der Waals surface area contributed by atoms with Gasteiger partial charge in [0.15, 0.2) is 0 Å². The van der Waals surface area contributed by atoms with Crippen molar-refractivity contribution >= 4 is 29.0 Å². The maximum absolute atomic E-state index is 12.6. The topological polar surface area (TPSA) is 85.4 Å². The van der Waals surface area contributed by atoms with E-state index >= 15 is 0 Å². The van der Waals surface area contributed by atoms with Gasteiger partial charge in [-0.25, -0.2) is 4.98 Å². The quantitative estimate of drug-likeness (QED) is 0.625. The summed E-state index contributed by atoms with van der Waals surface area (Å²) in [5, 5.41) is 9.83. The molecular formula is C25H35N7O. The molecule has 1 amide bonds. The summed E-state index contributed by atoms with van der Waals surface area (Å²) in [7, 11) is 0. The summed E-state index contributed by atoms with van der Waals surface area (Å²) in [6, 6.07) is 6.67. The van der Waals surface area contributed by atoms with Crippen LogP contribution in [0.1, 0.15) is 43.2 Å². The molecule has 3 aliphatic rings. The van der Waals surface area contributed by atoms with Gasteiger partial charge in [-0.15, -0.1) is 0 Å². The molecule has 2 aromatic rings. The Hall–Kier alpha value is -2.87. The van der Waals surface area contributed by atoms with E-state index in [0.29, 0.717) is 12.0 Å². The van der Waals surface area contributed by atoms with Gasteiger partial charge >= 0.3 is 0 Å². The normalized spacial score (nSPS) is 21.3. The minimum absolute atomic E-state index is 0.119. The smallest absolute Gasteiger partial charge is 0.242 e. The van der Waals surface area contributed by atoms with Crippen molar-refractivity contribution in [1.29, 1.82) is 0 Å². The average Bonchev–Trinajstić information content (AvgIpc) is 3.50. The minimum atomic E-state index is -0.143. The van der Waals surface area contributed by atoms with Gasteiger partial charge < -0.3 is 25.8 Å². The van der Waals surface area contributed by atoms with Gasteiger partial charge in [-0.05, 0) is 56.9 Å². The highest BCUT2D eigenvalue weighted by Crippen LogP contribution is 2.33. The molecule has 3 heterocycles. The molecule has 8 heteroatoms. The number of nitrogens with zero attached hydrogens (tertiary/aromatic N) is 4. The number of hydrogen-bond acceptors (Lipinski definition) is 7. The first-order valence-corrected chi connectivity index (χ1v) is 12.3. The number of rotatable bonds is 6. The number of piperazine rings is 1. The molecule has 1 unspecified atom stereocenters. The summed E-state index contributed by atoms with van der Waals surface area (Å²) in [5.41, 5.74) is 4.52. The Kier molecular flexibility index (Phi) is 6.35. The van der Waals surface area contributed by atoms with Crippen LogP contribution in [-0.2, 0) is 4.79 Å². The highest BCUT2D eigenvalue weighted by molar-refractivity contribution is 5.87. The number of anilines is 4. The second-order valence-corrected chi connectivity index (χ2v) is 9.50. The van der Waals surface area contributed by atoms with E-state index in [-0.39, 0.29) is 11.9 Å². The molecule has 2 aliphatic heterocycles. The van der Waals surface area contributed by atoms with E-state index in [9.17, 15) is 4.79 Å². The largest absolute Gasteiger partial charge is 0.369 e. The predicted octanol–water partition coefficient (Wildman–Crippen LogP) is 2.88. The van der Waals surface area contributed by atoms with Crippen LogP contribution in [0, 0.1) is 13.8 Å². The minimum Gasteiger partial charge on any atom is -0.369 e. The van der Waals surface area contributed by atoms with Crippen LogP contribution in [0.2, 0.25) is 0 Å². The van der Waals surface area contributed by atoms with Crippen molar-refractivity contribution in [3.05, 3.63) is 35.5 Å². The lowest BCUT2D eigenvalue weighted by Crippen LogP contribution is -2.47. The molecule has 1 aliphatic carbocycles. The van der Waals surface area contributed by atoms with Crippen molar-refractivity contribution in [2.24, 2.45) is 0 Å². The van der Waals surface area contributed by atoms with Crippen LogP contribution in [-0.4, -0.2) is 60.7 Å². The van der Waals surface area contributed by atoms with Crippen molar-refractivity contribution in [1.82, 2.24) is 20.6 Å². The maximum atomic E-state index is 12.6. The van der Waals surface area contributed by atoms with E-state index in [0.717, 1.165) is 69.1 Å². The molecule has 176 valence electrons. The summed E-state index contributed by atoms with van der Waals surface area (Å²) in [6.45, 7) is 9.05. The number of amides is 1. The lowest BCUT2D eigenvalue weighted by Gasteiger charge is -2.35. The first-order valence-electron chi connectivity index (χ1n) is 12.3. The lowest BCUT2D eigenvalue weighted by atomic mass is 10.1. The van der Waals surface area contributed by atoms with Gasteiger partial charge in [-0.3, -0.25) is 4.79 Å². The fourth-order valence-corrected chi connectivity index (χ4v) is 5.48. The molecule has 0 bridgehead atoms. The molecule has 1 saturated carbocycles. The fourth-order valence-electron chi connectivity index (χ4n) is 5.48. The number of benzene rings is 1. The summed E-state index contributed by atoms with van der Waals surface area (Å²) in [6.07, 6.45) is 7.36. The van der Waals surface area contributed by atoms with Crippen LogP contribution in [0.4, 0.5) is 23.1 Å². The zero-order chi connectivity index (χ0) is 22.8. The molecule has 5 rings (SSSR count). The van der Waals surface area contributed by atoms with Crippen molar-refractivity contribution < 1.29 is 4.79 Å². The Morgan fingerprint density at radius 2 is 1.85 bits per heavy atom. The van der Waals surface area contributed by atoms with Crippen molar-refractivity contribution in [3.8, 4) is 0 Å². The fraction of sp³-hybridized carbons (Fsp3) is 0.560. The van der Waals surface area contributed by atoms with E-state index in [4.69, 9.17) is 4.98 Å². The molecule has 0 radical (unpaired) electrons. The van der Waals surface area contributed by atoms with Gasteiger partial charge in [-0.2, -0.15) is 4.98 Å². The number of nitrogens with one attached hydrogen (secondary N) is 3. The van der Waals surface area contributed by atoms with E-state index in [2.05, 4.69) is 55.9 Å². The van der Waals surface area contributed by atoms with Gasteiger partial charge in [0.05, 0.1) is 0 Å². The van der Waals surface area contributed by atoms with Crippen molar-refractivity contribution in [2.75, 3.05) is 47.8 Å². The van der Waals surface area contributed by atoms with Crippen LogP contribution < -0.4 is 25.8 Å². The first-order chi connectivity index (χ1) is 16.1. The van der Waals surface area contributed by atoms with Crippen LogP contribution in [0.25, 0.3) is 0 Å². The number of carbonyl (C=O) groups is 1. The molecule has 8 nitrogen and oxygen atoms in total. The number of carbonyl (C=O) groups excluding carboxylic acids is 1. The predicted molar refractivity (Wildman–Crippen MR) is 132 cm³/mol. The molecule has 1 atom stereocenters. The Balaban J connectivity index is 1.40. The standard InChI is InChI=1S/C25H35N7O/c1-17-15-19(7-8-21(17)31-13-11-26-12-14-31)29-25-28-16-18(2)23(30-25)32(20-5-3-4-6-20)22-9-10-27-24(22)33/h7-8,15-16,20,22,26H,3-6,9-14H2,1-2H3,(H,27,33)(H,28,29,30). The Labute approximate surface area is 196 Å². The molecule has 33 heavy (non-hydrogen) atoms. The SMILES string of the molecule is Cc1cc(Nc2ncc(C)c(N(C3CCCC3)C3CCNC3=O)n2)ccc1N1CCNCC1. The molecule has 3 fully saturated rings. The third-order valence-corrected chi connectivity index (χ3v) is 7.17. The number of aryl methyl sites for hydroxylation is 2. The first kappa shape index (κ1) is 21.9. The molecule has 0 spiro atoms.